The van der Waals surface area contributed by atoms with E-state index in [1.54, 1.807) is 0 Å². The monoisotopic (exact) mass is 226 g/mol. The molecule has 92 valence electrons. The Morgan fingerprint density at radius 2 is 2.12 bits per heavy atom. The van der Waals surface area contributed by atoms with Crippen LogP contribution in [-0.4, -0.2) is 41.8 Å². The van der Waals surface area contributed by atoms with Crippen molar-refractivity contribution in [2.45, 2.75) is 57.7 Å². The first-order valence-electron chi connectivity index (χ1n) is 6.20. The van der Waals surface area contributed by atoms with Crippen molar-refractivity contribution in [2.24, 2.45) is 0 Å². The van der Waals surface area contributed by atoms with Gasteiger partial charge >= 0.3 is 6.09 Å². The van der Waals surface area contributed by atoms with Crippen molar-refractivity contribution < 1.29 is 9.53 Å². The van der Waals surface area contributed by atoms with E-state index in [2.05, 4.69) is 5.32 Å². The molecule has 1 amide bonds. The van der Waals surface area contributed by atoms with E-state index in [9.17, 15) is 4.79 Å². The molecule has 16 heavy (non-hydrogen) atoms. The van der Waals surface area contributed by atoms with Crippen molar-refractivity contribution in [3.8, 4) is 0 Å². The fourth-order valence-corrected chi connectivity index (χ4v) is 2.40. The second-order valence-electron chi connectivity index (χ2n) is 5.76. The maximum atomic E-state index is 11.9. The third-order valence-electron chi connectivity index (χ3n) is 3.22. The number of rotatable bonds is 0. The maximum Gasteiger partial charge on any atom is 0.410 e. The highest BCUT2D eigenvalue weighted by atomic mass is 16.6. The standard InChI is InChI=1S/C12H22N2O2/c1-12(2,3)16-11(15)14-8-9-10(14)6-4-5-7-13-9/h9-10,13H,4-8H2,1-3H3/t9-,10-/m0/s1. The van der Waals surface area contributed by atoms with Gasteiger partial charge in [-0.05, 0) is 40.2 Å². The van der Waals surface area contributed by atoms with Gasteiger partial charge in [-0.15, -0.1) is 0 Å². The zero-order valence-electron chi connectivity index (χ0n) is 10.5. The number of carbonyl (C=O) groups is 1. The Bertz CT molecular complexity index is 273. The molecular formula is C12H22N2O2. The van der Waals surface area contributed by atoms with Gasteiger partial charge in [0.15, 0.2) is 0 Å². The molecular weight excluding hydrogens is 204 g/mol. The van der Waals surface area contributed by atoms with Crippen LogP contribution in [0.3, 0.4) is 0 Å². The predicted octanol–water partition coefficient (Wildman–Crippen LogP) is 1.75. The van der Waals surface area contributed by atoms with Crippen molar-refractivity contribution >= 4 is 6.09 Å². The Morgan fingerprint density at radius 3 is 2.81 bits per heavy atom. The summed E-state index contributed by atoms with van der Waals surface area (Å²) in [5.41, 5.74) is -0.389. The smallest absolute Gasteiger partial charge is 0.410 e. The van der Waals surface area contributed by atoms with E-state index in [1.165, 1.54) is 12.8 Å². The molecule has 0 radical (unpaired) electrons. The van der Waals surface area contributed by atoms with Crippen LogP contribution in [0.5, 0.6) is 0 Å². The number of amides is 1. The Morgan fingerprint density at radius 1 is 1.38 bits per heavy atom. The summed E-state index contributed by atoms with van der Waals surface area (Å²) >= 11 is 0. The van der Waals surface area contributed by atoms with E-state index < -0.39 is 0 Å². The molecule has 2 atom stereocenters. The fraction of sp³-hybridized carbons (Fsp3) is 0.917. The summed E-state index contributed by atoms with van der Waals surface area (Å²) in [6.07, 6.45) is 3.37. The Hall–Kier alpha value is -0.770. The molecule has 2 heterocycles. The molecule has 0 aromatic rings. The van der Waals surface area contributed by atoms with Gasteiger partial charge in [-0.2, -0.15) is 0 Å². The van der Waals surface area contributed by atoms with Crippen molar-refractivity contribution in [2.75, 3.05) is 13.1 Å². The van der Waals surface area contributed by atoms with E-state index in [-0.39, 0.29) is 11.7 Å². The van der Waals surface area contributed by atoms with Gasteiger partial charge in [-0.3, -0.25) is 0 Å². The summed E-state index contributed by atoms with van der Waals surface area (Å²) in [4.78, 5) is 13.8. The average molecular weight is 226 g/mol. The summed E-state index contributed by atoms with van der Waals surface area (Å²) in [5, 5.41) is 3.48. The molecule has 4 nitrogen and oxygen atoms in total. The molecule has 2 rings (SSSR count). The van der Waals surface area contributed by atoms with Crippen LogP contribution in [0.2, 0.25) is 0 Å². The number of fused-ring (bicyclic) bond motifs is 1. The van der Waals surface area contributed by atoms with Gasteiger partial charge in [0.1, 0.15) is 5.60 Å². The lowest BCUT2D eigenvalue weighted by Crippen LogP contribution is -2.67. The van der Waals surface area contributed by atoms with Crippen LogP contribution >= 0.6 is 0 Å². The van der Waals surface area contributed by atoms with Gasteiger partial charge in [-0.1, -0.05) is 6.42 Å². The quantitative estimate of drug-likeness (QED) is 0.684. The van der Waals surface area contributed by atoms with E-state index in [0.717, 1.165) is 19.5 Å². The summed E-state index contributed by atoms with van der Waals surface area (Å²) in [6, 6.07) is 0.854. The first-order chi connectivity index (χ1) is 7.47. The minimum Gasteiger partial charge on any atom is -0.444 e. The molecule has 0 aromatic heterocycles. The first kappa shape index (κ1) is 11.7. The molecule has 0 unspecified atom stereocenters. The number of carbonyl (C=O) groups excluding carboxylic acids is 1. The van der Waals surface area contributed by atoms with Gasteiger partial charge < -0.3 is 15.0 Å². The highest BCUT2D eigenvalue weighted by Gasteiger charge is 2.43. The van der Waals surface area contributed by atoms with Crippen LogP contribution in [0.15, 0.2) is 0 Å². The third kappa shape index (κ3) is 2.48. The lowest BCUT2D eigenvalue weighted by molar-refractivity contribution is -0.0182. The van der Waals surface area contributed by atoms with Crippen LogP contribution in [0.25, 0.3) is 0 Å². The molecule has 0 aromatic carbocycles. The van der Waals surface area contributed by atoms with Gasteiger partial charge in [-0.25, -0.2) is 4.79 Å². The fourth-order valence-electron chi connectivity index (χ4n) is 2.40. The zero-order valence-corrected chi connectivity index (χ0v) is 10.5. The number of nitrogens with one attached hydrogen (secondary N) is 1. The molecule has 2 fully saturated rings. The van der Waals surface area contributed by atoms with Gasteiger partial charge in [0.25, 0.3) is 0 Å². The zero-order chi connectivity index (χ0) is 11.8. The number of likely N-dealkylation sites (tertiary alicyclic amines) is 1. The summed E-state index contributed by atoms with van der Waals surface area (Å²) < 4.78 is 5.39. The van der Waals surface area contributed by atoms with Crippen LogP contribution in [-0.2, 0) is 4.74 Å². The van der Waals surface area contributed by atoms with Gasteiger partial charge in [0.05, 0.1) is 6.04 Å². The van der Waals surface area contributed by atoms with Crippen molar-refractivity contribution in [3.05, 3.63) is 0 Å². The summed E-state index contributed by atoms with van der Waals surface area (Å²) in [5.74, 6) is 0. The lowest BCUT2D eigenvalue weighted by atomic mass is 9.94. The molecule has 0 spiro atoms. The number of ether oxygens (including phenoxy) is 1. The van der Waals surface area contributed by atoms with Crippen LogP contribution < -0.4 is 5.32 Å². The van der Waals surface area contributed by atoms with Crippen LogP contribution in [0.1, 0.15) is 40.0 Å². The molecule has 2 aliphatic rings. The minimum absolute atomic E-state index is 0.155. The molecule has 4 heteroatoms. The molecule has 1 N–H and O–H groups in total. The third-order valence-corrected chi connectivity index (χ3v) is 3.22. The Labute approximate surface area is 97.3 Å². The normalized spacial score (nSPS) is 30.1. The molecule has 0 bridgehead atoms. The highest BCUT2D eigenvalue weighted by molar-refractivity contribution is 5.70. The van der Waals surface area contributed by atoms with E-state index >= 15 is 0 Å². The molecule has 2 saturated heterocycles. The van der Waals surface area contributed by atoms with E-state index in [1.807, 2.05) is 25.7 Å². The van der Waals surface area contributed by atoms with Crippen LogP contribution in [0.4, 0.5) is 4.79 Å². The first-order valence-corrected chi connectivity index (χ1v) is 6.20. The van der Waals surface area contributed by atoms with E-state index in [0.29, 0.717) is 12.1 Å². The van der Waals surface area contributed by atoms with Crippen molar-refractivity contribution in [1.29, 1.82) is 0 Å². The molecule has 0 saturated carbocycles. The topological polar surface area (TPSA) is 41.6 Å². The number of hydrogen-bond donors (Lipinski definition) is 1. The van der Waals surface area contributed by atoms with Gasteiger partial charge in [0, 0.05) is 12.6 Å². The lowest BCUT2D eigenvalue weighted by Gasteiger charge is -2.47. The van der Waals surface area contributed by atoms with E-state index in [4.69, 9.17) is 4.74 Å². The molecule has 2 aliphatic heterocycles. The average Bonchev–Trinajstić information content (AvgIpc) is 2.25. The number of nitrogens with zero attached hydrogens (tertiary/aromatic N) is 1. The van der Waals surface area contributed by atoms with Crippen molar-refractivity contribution in [3.63, 3.8) is 0 Å². The summed E-state index contributed by atoms with van der Waals surface area (Å²) in [6.45, 7) is 7.62. The predicted molar refractivity (Wildman–Crippen MR) is 62.4 cm³/mol. The van der Waals surface area contributed by atoms with Crippen molar-refractivity contribution in [1.82, 2.24) is 10.2 Å². The second kappa shape index (κ2) is 4.24. The maximum absolute atomic E-state index is 11.9. The van der Waals surface area contributed by atoms with Crippen LogP contribution in [0, 0.1) is 0 Å². The van der Waals surface area contributed by atoms with Gasteiger partial charge in [0.2, 0.25) is 0 Å². The largest absolute Gasteiger partial charge is 0.444 e. The minimum atomic E-state index is -0.389. The molecule has 0 aliphatic carbocycles. The second-order valence-corrected chi connectivity index (χ2v) is 5.76. The highest BCUT2D eigenvalue weighted by Crippen LogP contribution is 2.27. The summed E-state index contributed by atoms with van der Waals surface area (Å²) in [7, 11) is 0. The SMILES string of the molecule is CC(C)(C)OC(=O)N1C[C@@H]2NCCCC[C@@H]21. The Balaban J connectivity index is 1.90. The Kier molecular flexibility index (Phi) is 3.10. The number of hydrogen-bond acceptors (Lipinski definition) is 3.